The van der Waals surface area contributed by atoms with E-state index in [-0.39, 0.29) is 17.3 Å². The van der Waals surface area contributed by atoms with E-state index in [0.29, 0.717) is 0 Å². The van der Waals surface area contributed by atoms with Crippen LogP contribution in [0.1, 0.15) is 20.8 Å². The molecule has 0 radical (unpaired) electrons. The summed E-state index contributed by atoms with van der Waals surface area (Å²) in [5.41, 5.74) is -0.248. The molecule has 0 unspecified atom stereocenters. The molecule has 0 atom stereocenters. The second-order valence-corrected chi connectivity index (χ2v) is 3.19. The zero-order valence-corrected chi connectivity index (χ0v) is 7.38. The van der Waals surface area contributed by atoms with E-state index in [4.69, 9.17) is 0 Å². The highest BCUT2D eigenvalue weighted by molar-refractivity contribution is 5.99. The molecule has 0 saturated carbocycles. The monoisotopic (exact) mass is 169 g/mol. The van der Waals surface area contributed by atoms with Crippen LogP contribution in [0.4, 0.5) is 0 Å². The second-order valence-electron chi connectivity index (χ2n) is 3.19. The molecule has 1 heterocycles. The van der Waals surface area contributed by atoms with E-state index in [0.717, 1.165) is 0 Å². The quantitative estimate of drug-likeness (QED) is 0.237. The summed E-state index contributed by atoms with van der Waals surface area (Å²) >= 11 is 0. The first kappa shape index (κ1) is 10.6. The van der Waals surface area contributed by atoms with E-state index >= 15 is 0 Å². The number of isocyanates is 1. The van der Waals surface area contributed by atoms with Gasteiger partial charge in [-0.1, -0.05) is 0 Å². The summed E-state index contributed by atoms with van der Waals surface area (Å²) in [6, 6.07) is 0. The van der Waals surface area contributed by atoms with Gasteiger partial charge in [-0.05, 0) is 27.4 Å². The molecule has 0 aromatic carbocycles. The molecule has 1 rings (SSSR count). The van der Waals surface area contributed by atoms with Crippen LogP contribution in [0.5, 0.6) is 0 Å². The van der Waals surface area contributed by atoms with Crippen LogP contribution < -0.4 is 0 Å². The van der Waals surface area contributed by atoms with Crippen LogP contribution in [0.3, 0.4) is 0 Å². The van der Waals surface area contributed by atoms with Crippen molar-refractivity contribution in [1.82, 2.24) is 0 Å². The van der Waals surface area contributed by atoms with E-state index in [1.165, 1.54) is 6.08 Å². The van der Waals surface area contributed by atoms with E-state index in [9.17, 15) is 9.59 Å². The molecule has 4 nitrogen and oxygen atoms in total. The lowest BCUT2D eigenvalue weighted by Crippen LogP contribution is -2.07. The average molecular weight is 169 g/mol. The minimum absolute atomic E-state index is 0.248. The number of carbonyl (C=O) groups is 1. The van der Waals surface area contributed by atoms with Crippen LogP contribution >= 0.6 is 0 Å². The summed E-state index contributed by atoms with van der Waals surface area (Å²) < 4.78 is 4.08. The predicted octanol–water partition coefficient (Wildman–Crippen LogP) is 1.18. The number of carbonyl (C=O) groups excluding carboxylic acids is 2. The van der Waals surface area contributed by atoms with E-state index < -0.39 is 0 Å². The number of aliphatic imine (C=N–C) groups is 1. The Morgan fingerprint density at radius 3 is 1.83 bits per heavy atom. The molecule has 0 aromatic rings. The van der Waals surface area contributed by atoms with Gasteiger partial charge in [0.05, 0.1) is 5.54 Å². The number of rotatable bonds is 0. The van der Waals surface area contributed by atoms with Gasteiger partial charge in [0.15, 0.2) is 0 Å². The fraction of sp³-hybridized carbons (Fsp3) is 0.500. The molecule has 1 saturated heterocycles. The third kappa shape index (κ3) is 6.71. The fourth-order valence-corrected chi connectivity index (χ4v) is 0.223. The normalized spacial score (nSPS) is 13.6. The van der Waals surface area contributed by atoms with Gasteiger partial charge in [-0.3, -0.25) is 0 Å². The van der Waals surface area contributed by atoms with Crippen molar-refractivity contribution in [3.8, 4) is 0 Å². The number of cyclic esters (lactones) is 1. The maximum atomic E-state index is 9.56. The summed E-state index contributed by atoms with van der Waals surface area (Å²) in [5.74, 6) is 0.00926. The summed E-state index contributed by atoms with van der Waals surface area (Å²) in [6.45, 7) is 8.71. The van der Waals surface area contributed by atoms with Crippen molar-refractivity contribution in [3.05, 3.63) is 12.3 Å². The van der Waals surface area contributed by atoms with Crippen molar-refractivity contribution in [1.29, 1.82) is 0 Å². The van der Waals surface area contributed by atoms with Crippen LogP contribution in [-0.4, -0.2) is 17.6 Å². The maximum Gasteiger partial charge on any atom is 0.379 e. The molecule has 1 aliphatic heterocycles. The number of hydrogen-bond donors (Lipinski definition) is 0. The maximum absolute atomic E-state index is 9.56. The van der Waals surface area contributed by atoms with E-state index in [1.807, 2.05) is 20.8 Å². The van der Waals surface area contributed by atoms with Crippen LogP contribution in [0.2, 0.25) is 0 Å². The molecule has 4 heteroatoms. The predicted molar refractivity (Wildman–Crippen MR) is 43.1 cm³/mol. The highest BCUT2D eigenvalue weighted by Crippen LogP contribution is 2.11. The third-order valence-electron chi connectivity index (χ3n) is 0.783. The van der Waals surface area contributed by atoms with Crippen molar-refractivity contribution < 1.29 is 14.3 Å². The lowest BCUT2D eigenvalue weighted by atomic mass is 10.1. The molecule has 0 amide bonds. The molecule has 0 spiro atoms. The number of epoxide rings is 1. The van der Waals surface area contributed by atoms with Crippen LogP contribution in [0.15, 0.2) is 17.3 Å². The van der Waals surface area contributed by atoms with Crippen LogP contribution in [-0.2, 0) is 14.3 Å². The van der Waals surface area contributed by atoms with Crippen molar-refractivity contribution in [2.75, 3.05) is 0 Å². The molecule has 0 aliphatic carbocycles. The zero-order valence-electron chi connectivity index (χ0n) is 7.38. The molecule has 1 aliphatic rings. The van der Waals surface area contributed by atoms with Gasteiger partial charge in [0.25, 0.3) is 0 Å². The molecule has 0 bridgehead atoms. The van der Waals surface area contributed by atoms with Gasteiger partial charge in [0.1, 0.15) is 0 Å². The number of hydrogen-bond acceptors (Lipinski definition) is 4. The molecular formula is C8H11NO3. The van der Waals surface area contributed by atoms with Crippen molar-refractivity contribution >= 4 is 12.0 Å². The highest BCUT2D eigenvalue weighted by Gasteiger charge is 2.26. The summed E-state index contributed by atoms with van der Waals surface area (Å²) in [5, 5.41) is 0. The SMILES string of the molecule is C=C1OC1=O.CC(C)(C)N=C=O. The van der Waals surface area contributed by atoms with Crippen molar-refractivity contribution in [2.24, 2.45) is 4.99 Å². The van der Waals surface area contributed by atoms with Gasteiger partial charge in [-0.2, -0.15) is 0 Å². The van der Waals surface area contributed by atoms with Gasteiger partial charge < -0.3 is 4.74 Å². The van der Waals surface area contributed by atoms with Gasteiger partial charge in [-0.15, -0.1) is 0 Å². The summed E-state index contributed by atoms with van der Waals surface area (Å²) in [4.78, 5) is 22.5. The molecule has 0 aromatic heterocycles. The minimum atomic E-state index is -0.273. The first-order valence-electron chi connectivity index (χ1n) is 3.37. The van der Waals surface area contributed by atoms with Gasteiger partial charge in [0, 0.05) is 0 Å². The molecular weight excluding hydrogens is 158 g/mol. The standard InChI is InChI=1S/C5H9NO.C3H2O2/c1-5(2,3)6-4-7;1-2-3(4)5-2/h1-3H3;1H2. The summed E-state index contributed by atoms with van der Waals surface area (Å²) in [6.07, 6.45) is 1.48. The molecule has 66 valence electrons. The Morgan fingerprint density at radius 2 is 1.83 bits per heavy atom. The Bertz CT molecular complexity index is 232. The lowest BCUT2D eigenvalue weighted by molar-refractivity contribution is -0.117. The Morgan fingerprint density at radius 1 is 1.50 bits per heavy atom. The smallest absolute Gasteiger partial charge is 0.379 e. The van der Waals surface area contributed by atoms with E-state index in [2.05, 4.69) is 16.3 Å². The highest BCUT2D eigenvalue weighted by atomic mass is 16.6. The van der Waals surface area contributed by atoms with Gasteiger partial charge >= 0.3 is 5.97 Å². The van der Waals surface area contributed by atoms with Crippen molar-refractivity contribution in [3.63, 3.8) is 0 Å². The van der Waals surface area contributed by atoms with Crippen LogP contribution in [0.25, 0.3) is 0 Å². The van der Waals surface area contributed by atoms with Gasteiger partial charge in [-0.25, -0.2) is 14.6 Å². The Balaban J connectivity index is 0.000000211. The van der Waals surface area contributed by atoms with E-state index in [1.54, 1.807) is 0 Å². The largest absolute Gasteiger partial charge is 0.414 e. The Kier molecular flexibility index (Phi) is 3.38. The molecule has 1 fully saturated rings. The lowest BCUT2D eigenvalue weighted by Gasteiger charge is -2.05. The topological polar surface area (TPSA) is 59.0 Å². The second kappa shape index (κ2) is 3.83. The first-order valence-corrected chi connectivity index (χ1v) is 3.37. The zero-order chi connectivity index (χ0) is 9.78. The third-order valence-corrected chi connectivity index (χ3v) is 0.783. The van der Waals surface area contributed by atoms with Crippen molar-refractivity contribution in [2.45, 2.75) is 26.3 Å². The first-order chi connectivity index (χ1) is 5.37. The molecule has 12 heavy (non-hydrogen) atoms. The number of nitrogens with zero attached hydrogens (tertiary/aromatic N) is 1. The molecule has 0 N–H and O–H groups in total. The van der Waals surface area contributed by atoms with Gasteiger partial charge in [0.2, 0.25) is 11.8 Å². The number of ether oxygens (including phenoxy) is 1. The Hall–Kier alpha value is -1.41. The Labute approximate surface area is 70.9 Å². The minimum Gasteiger partial charge on any atom is -0.414 e. The van der Waals surface area contributed by atoms with Crippen LogP contribution in [0, 0.1) is 0 Å². The average Bonchev–Trinajstić information content (AvgIpc) is 2.43. The fourth-order valence-electron chi connectivity index (χ4n) is 0.223. The summed E-state index contributed by atoms with van der Waals surface area (Å²) in [7, 11) is 0.